The van der Waals surface area contributed by atoms with Gasteiger partial charge in [0.25, 0.3) is 5.91 Å². The first-order chi connectivity index (χ1) is 9.16. The molecule has 0 spiro atoms. The molecule has 2 rings (SSSR count). The number of nitrogens with zero attached hydrogens (tertiary/aromatic N) is 3. The maximum atomic E-state index is 11.8. The van der Waals surface area contributed by atoms with Crippen molar-refractivity contribution in [1.29, 1.82) is 0 Å². The largest absolute Gasteiger partial charge is 0.492 e. The summed E-state index contributed by atoms with van der Waals surface area (Å²) in [6, 6.07) is 7.09. The first-order valence-corrected chi connectivity index (χ1v) is 6.69. The molecular formula is C12H12ClN3O2S. The third-order valence-electron chi connectivity index (χ3n) is 2.44. The number of rotatable bonds is 5. The molecule has 0 unspecified atom stereocenters. The fourth-order valence-electron chi connectivity index (χ4n) is 1.39. The predicted molar refractivity (Wildman–Crippen MR) is 73.8 cm³/mol. The summed E-state index contributed by atoms with van der Waals surface area (Å²) in [5.41, 5.74) is 0.360. The van der Waals surface area contributed by atoms with E-state index in [1.165, 1.54) is 6.20 Å². The summed E-state index contributed by atoms with van der Waals surface area (Å²) in [6.45, 7) is 0.875. The van der Waals surface area contributed by atoms with Gasteiger partial charge in [0.05, 0.1) is 24.5 Å². The number of halogens is 1. The van der Waals surface area contributed by atoms with E-state index in [0.717, 1.165) is 17.5 Å². The van der Waals surface area contributed by atoms with Gasteiger partial charge in [-0.25, -0.2) is 0 Å². The number of carbonyl (C=O) groups excluding carboxylic acids is 1. The Balaban J connectivity index is 1.79. The lowest BCUT2D eigenvalue weighted by atomic mass is 10.3. The molecule has 0 bridgehead atoms. The van der Waals surface area contributed by atoms with Crippen molar-refractivity contribution >= 4 is 29.2 Å². The van der Waals surface area contributed by atoms with Gasteiger partial charge in [-0.05, 0) is 24.3 Å². The van der Waals surface area contributed by atoms with Crippen LogP contribution in [-0.2, 0) is 0 Å². The van der Waals surface area contributed by atoms with Crippen LogP contribution in [0.15, 0.2) is 30.5 Å². The Kier molecular flexibility index (Phi) is 4.70. The van der Waals surface area contributed by atoms with Crippen LogP contribution in [0.3, 0.4) is 0 Å². The number of hydrogen-bond donors (Lipinski definition) is 0. The maximum absolute atomic E-state index is 11.8. The van der Waals surface area contributed by atoms with Crippen LogP contribution in [0.4, 0.5) is 0 Å². The number of aromatic nitrogens is 2. The third-order valence-corrected chi connectivity index (χ3v) is 3.17. The van der Waals surface area contributed by atoms with Crippen molar-refractivity contribution in [2.75, 3.05) is 20.2 Å². The first kappa shape index (κ1) is 13.8. The van der Waals surface area contributed by atoms with Gasteiger partial charge in [0.15, 0.2) is 5.69 Å². The van der Waals surface area contributed by atoms with Crippen LogP contribution < -0.4 is 4.74 Å². The molecular weight excluding hydrogens is 286 g/mol. The van der Waals surface area contributed by atoms with Crippen LogP contribution in [0, 0.1) is 0 Å². The highest BCUT2D eigenvalue weighted by atomic mass is 35.5. The van der Waals surface area contributed by atoms with E-state index >= 15 is 0 Å². The Bertz CT molecular complexity index is 530. The number of carbonyl (C=O) groups is 1. The summed E-state index contributed by atoms with van der Waals surface area (Å²) < 4.78 is 13.2. The Labute approximate surface area is 120 Å². The fourth-order valence-corrected chi connectivity index (χ4v) is 1.92. The van der Waals surface area contributed by atoms with E-state index in [2.05, 4.69) is 8.75 Å². The van der Waals surface area contributed by atoms with Gasteiger partial charge in [0, 0.05) is 12.1 Å². The quantitative estimate of drug-likeness (QED) is 0.850. The minimum atomic E-state index is -0.159. The molecule has 0 saturated carbocycles. The van der Waals surface area contributed by atoms with Crippen LogP contribution in [0.5, 0.6) is 5.75 Å². The van der Waals surface area contributed by atoms with E-state index in [1.807, 2.05) is 0 Å². The van der Waals surface area contributed by atoms with Crippen molar-refractivity contribution in [3.8, 4) is 5.75 Å². The van der Waals surface area contributed by atoms with Crippen molar-refractivity contribution < 1.29 is 9.53 Å². The van der Waals surface area contributed by atoms with Crippen molar-refractivity contribution in [1.82, 2.24) is 13.6 Å². The van der Waals surface area contributed by atoms with E-state index in [4.69, 9.17) is 16.3 Å². The van der Waals surface area contributed by atoms with Crippen molar-refractivity contribution in [3.05, 3.63) is 41.2 Å². The summed E-state index contributed by atoms with van der Waals surface area (Å²) >= 11 is 6.79. The Morgan fingerprint density at radius 1 is 1.42 bits per heavy atom. The van der Waals surface area contributed by atoms with E-state index in [-0.39, 0.29) is 5.91 Å². The fraction of sp³-hybridized carbons (Fsp3) is 0.250. The van der Waals surface area contributed by atoms with Gasteiger partial charge in [0.1, 0.15) is 12.4 Å². The van der Waals surface area contributed by atoms with E-state index in [0.29, 0.717) is 23.9 Å². The Hall–Kier alpha value is -1.66. The molecule has 5 nitrogen and oxygen atoms in total. The standard InChI is InChI=1S/C12H12ClN3O2S/c1-16(12(17)11-8-14-19-15-11)6-7-18-10-4-2-9(13)3-5-10/h2-5,8H,6-7H2,1H3. The van der Waals surface area contributed by atoms with Gasteiger partial charge in [-0.2, -0.15) is 8.75 Å². The highest BCUT2D eigenvalue weighted by Crippen LogP contribution is 2.15. The molecule has 0 aliphatic carbocycles. The van der Waals surface area contributed by atoms with E-state index in [1.54, 1.807) is 36.2 Å². The zero-order valence-corrected chi connectivity index (χ0v) is 11.8. The highest BCUT2D eigenvalue weighted by Gasteiger charge is 2.13. The molecule has 1 heterocycles. The minimum Gasteiger partial charge on any atom is -0.492 e. The van der Waals surface area contributed by atoms with Gasteiger partial charge in [0.2, 0.25) is 0 Å². The molecule has 0 atom stereocenters. The lowest BCUT2D eigenvalue weighted by Crippen LogP contribution is -2.31. The topological polar surface area (TPSA) is 55.3 Å². The van der Waals surface area contributed by atoms with Crippen molar-refractivity contribution in [2.45, 2.75) is 0 Å². The highest BCUT2D eigenvalue weighted by molar-refractivity contribution is 6.99. The monoisotopic (exact) mass is 297 g/mol. The summed E-state index contributed by atoms with van der Waals surface area (Å²) in [4.78, 5) is 13.4. The average Bonchev–Trinajstić information content (AvgIpc) is 2.94. The molecule has 0 N–H and O–H groups in total. The molecule has 1 amide bonds. The second-order valence-corrected chi connectivity index (χ2v) is 4.81. The predicted octanol–water partition coefficient (Wildman–Crippen LogP) is 2.34. The normalized spacial score (nSPS) is 10.2. The summed E-state index contributed by atoms with van der Waals surface area (Å²) in [5.74, 6) is 0.564. The van der Waals surface area contributed by atoms with Crippen LogP contribution in [0.2, 0.25) is 5.02 Å². The lowest BCUT2D eigenvalue weighted by Gasteiger charge is -2.16. The smallest absolute Gasteiger partial charge is 0.275 e. The molecule has 1 aromatic carbocycles. The Morgan fingerprint density at radius 2 is 2.16 bits per heavy atom. The van der Waals surface area contributed by atoms with Gasteiger partial charge in [-0.1, -0.05) is 11.6 Å². The zero-order chi connectivity index (χ0) is 13.7. The molecule has 2 aromatic rings. The van der Waals surface area contributed by atoms with E-state index < -0.39 is 0 Å². The van der Waals surface area contributed by atoms with Gasteiger partial charge in [-0.15, -0.1) is 0 Å². The van der Waals surface area contributed by atoms with Crippen LogP contribution in [-0.4, -0.2) is 39.8 Å². The molecule has 0 aliphatic heterocycles. The number of ether oxygens (including phenoxy) is 1. The molecule has 7 heteroatoms. The van der Waals surface area contributed by atoms with Crippen LogP contribution in [0.25, 0.3) is 0 Å². The van der Waals surface area contributed by atoms with E-state index in [9.17, 15) is 4.79 Å². The Morgan fingerprint density at radius 3 is 2.79 bits per heavy atom. The summed E-state index contributed by atoms with van der Waals surface area (Å²) in [7, 11) is 1.70. The van der Waals surface area contributed by atoms with Gasteiger partial charge < -0.3 is 9.64 Å². The minimum absolute atomic E-state index is 0.159. The van der Waals surface area contributed by atoms with Crippen LogP contribution >= 0.6 is 23.3 Å². The number of benzene rings is 1. The zero-order valence-electron chi connectivity index (χ0n) is 10.2. The summed E-state index contributed by atoms with van der Waals surface area (Å²) in [6.07, 6.45) is 1.46. The van der Waals surface area contributed by atoms with Gasteiger partial charge in [-0.3, -0.25) is 4.79 Å². The number of hydrogen-bond acceptors (Lipinski definition) is 5. The lowest BCUT2D eigenvalue weighted by molar-refractivity contribution is 0.0769. The molecule has 0 radical (unpaired) electrons. The van der Waals surface area contributed by atoms with Crippen molar-refractivity contribution in [2.24, 2.45) is 0 Å². The van der Waals surface area contributed by atoms with Crippen LogP contribution in [0.1, 0.15) is 10.5 Å². The number of likely N-dealkylation sites (N-methyl/N-ethyl adjacent to an activating group) is 1. The second kappa shape index (κ2) is 6.49. The molecule has 0 aliphatic rings. The first-order valence-electron chi connectivity index (χ1n) is 5.58. The second-order valence-electron chi connectivity index (χ2n) is 3.82. The molecule has 19 heavy (non-hydrogen) atoms. The molecule has 100 valence electrons. The SMILES string of the molecule is CN(CCOc1ccc(Cl)cc1)C(=O)c1cnsn1. The third kappa shape index (κ3) is 3.90. The molecule has 1 aromatic heterocycles. The van der Waals surface area contributed by atoms with Gasteiger partial charge >= 0.3 is 0 Å². The molecule has 0 fully saturated rings. The number of amides is 1. The average molecular weight is 298 g/mol. The molecule has 0 saturated heterocycles. The summed E-state index contributed by atoms with van der Waals surface area (Å²) in [5, 5.41) is 0.663. The maximum Gasteiger partial charge on any atom is 0.275 e. The van der Waals surface area contributed by atoms with Crippen molar-refractivity contribution in [3.63, 3.8) is 0 Å².